The molecule has 0 spiro atoms. The molecule has 0 saturated carbocycles. The lowest BCUT2D eigenvalue weighted by Crippen LogP contribution is -2.50. The molecular weight excluding hydrogens is 258 g/mol. The third-order valence-electron chi connectivity index (χ3n) is 3.66. The number of rotatable bonds is 3. The van der Waals surface area contributed by atoms with Gasteiger partial charge in [0.05, 0.1) is 17.7 Å². The minimum Gasteiger partial charge on any atom is -0.548 e. The number of benzene rings is 1. The maximum Gasteiger partial charge on any atom is 0.415 e. The van der Waals surface area contributed by atoms with Crippen LogP contribution in [-0.2, 0) is 16.0 Å². The Balaban J connectivity index is 2.31. The van der Waals surface area contributed by atoms with Gasteiger partial charge in [0, 0.05) is 6.42 Å². The Bertz CT molecular complexity index is 538. The number of nitrogens with zero attached hydrogens (tertiary/aromatic N) is 1. The van der Waals surface area contributed by atoms with Crippen LogP contribution in [0.25, 0.3) is 0 Å². The Morgan fingerprint density at radius 1 is 1.40 bits per heavy atom. The van der Waals surface area contributed by atoms with Crippen molar-refractivity contribution in [3.8, 4) is 0 Å². The summed E-state index contributed by atoms with van der Waals surface area (Å²) in [4.78, 5) is 24.8. The van der Waals surface area contributed by atoms with Crippen LogP contribution in [0.15, 0.2) is 24.3 Å². The molecular formula is C15H18NO4-. The first-order chi connectivity index (χ1) is 9.35. The summed E-state index contributed by atoms with van der Waals surface area (Å²) in [6.45, 7) is 5.49. The molecule has 0 bridgehead atoms. The van der Waals surface area contributed by atoms with Crippen molar-refractivity contribution in [2.75, 3.05) is 4.90 Å². The van der Waals surface area contributed by atoms with Gasteiger partial charge >= 0.3 is 6.09 Å². The van der Waals surface area contributed by atoms with Crippen molar-refractivity contribution in [1.29, 1.82) is 0 Å². The lowest BCUT2D eigenvalue weighted by Gasteiger charge is -2.30. The highest BCUT2D eigenvalue weighted by Crippen LogP contribution is 2.33. The number of para-hydroxylation sites is 1. The van der Waals surface area contributed by atoms with Crippen LogP contribution >= 0.6 is 0 Å². The number of carbonyl (C=O) groups excluding carboxylic acids is 2. The van der Waals surface area contributed by atoms with E-state index in [1.165, 1.54) is 4.90 Å². The van der Waals surface area contributed by atoms with Crippen molar-refractivity contribution >= 4 is 17.7 Å². The molecule has 1 aromatic rings. The second-order valence-electron chi connectivity index (χ2n) is 5.52. The summed E-state index contributed by atoms with van der Waals surface area (Å²) in [6.07, 6.45) is 0.251. The molecule has 108 valence electrons. The van der Waals surface area contributed by atoms with Gasteiger partial charge < -0.3 is 14.6 Å². The number of aliphatic carboxylic acids is 1. The Kier molecular flexibility index (Phi) is 3.70. The number of carbonyl (C=O) groups is 2. The predicted molar refractivity (Wildman–Crippen MR) is 72.3 cm³/mol. The quantitative estimate of drug-likeness (QED) is 0.838. The van der Waals surface area contributed by atoms with Gasteiger partial charge in [-0.05, 0) is 31.9 Å². The van der Waals surface area contributed by atoms with Crippen LogP contribution in [0.3, 0.4) is 0 Å². The van der Waals surface area contributed by atoms with Crippen LogP contribution in [0.1, 0.15) is 32.8 Å². The van der Waals surface area contributed by atoms with Gasteiger partial charge in [0.15, 0.2) is 0 Å². The summed E-state index contributed by atoms with van der Waals surface area (Å²) in [5.74, 6) is -1.27. The molecule has 5 heteroatoms. The number of fused-ring (bicyclic) bond motifs is 1. The normalized spacial score (nSPS) is 17.8. The van der Waals surface area contributed by atoms with Crippen LogP contribution in [0, 0.1) is 0 Å². The zero-order chi connectivity index (χ0) is 14.9. The first-order valence-electron chi connectivity index (χ1n) is 6.66. The second kappa shape index (κ2) is 5.15. The monoisotopic (exact) mass is 276 g/mol. The highest BCUT2D eigenvalue weighted by atomic mass is 16.6. The molecule has 20 heavy (non-hydrogen) atoms. The summed E-state index contributed by atoms with van der Waals surface area (Å²) < 4.78 is 5.40. The molecule has 0 aromatic heterocycles. The fraction of sp³-hybridized carbons (Fsp3) is 0.467. The molecule has 1 aliphatic rings. The van der Waals surface area contributed by atoms with Crippen molar-refractivity contribution in [2.24, 2.45) is 0 Å². The van der Waals surface area contributed by atoms with Gasteiger partial charge in [0.1, 0.15) is 5.60 Å². The molecule has 0 saturated heterocycles. The van der Waals surface area contributed by atoms with E-state index in [-0.39, 0.29) is 6.42 Å². The van der Waals surface area contributed by atoms with Gasteiger partial charge in [-0.25, -0.2) is 4.79 Å². The topological polar surface area (TPSA) is 69.7 Å². The summed E-state index contributed by atoms with van der Waals surface area (Å²) in [5, 5.41) is 11.3. The molecule has 1 unspecified atom stereocenters. The summed E-state index contributed by atoms with van der Waals surface area (Å²) in [5.41, 5.74) is 0.761. The maximum absolute atomic E-state index is 12.3. The first kappa shape index (κ1) is 14.4. The van der Waals surface area contributed by atoms with Crippen molar-refractivity contribution in [3.05, 3.63) is 29.8 Å². The third-order valence-corrected chi connectivity index (χ3v) is 3.66. The summed E-state index contributed by atoms with van der Waals surface area (Å²) in [7, 11) is 0. The molecule has 1 aliphatic heterocycles. The Hall–Kier alpha value is -2.04. The average molecular weight is 276 g/mol. The van der Waals surface area contributed by atoms with Crippen LogP contribution < -0.4 is 10.0 Å². The molecule has 2 rings (SSSR count). The number of ether oxygens (including phenoxy) is 1. The van der Waals surface area contributed by atoms with Gasteiger partial charge in [0.25, 0.3) is 0 Å². The second-order valence-corrected chi connectivity index (χ2v) is 5.52. The number of carboxylic acids is 1. The van der Waals surface area contributed by atoms with E-state index in [4.69, 9.17) is 4.74 Å². The Morgan fingerprint density at radius 2 is 2.05 bits per heavy atom. The number of carboxylic acid groups (broad SMARTS) is 1. The van der Waals surface area contributed by atoms with Crippen LogP contribution in [0.2, 0.25) is 0 Å². The molecule has 0 N–H and O–H groups in total. The van der Waals surface area contributed by atoms with E-state index in [0.29, 0.717) is 12.1 Å². The molecule has 0 radical (unpaired) electrons. The SMILES string of the molecule is CCC(C)(C)OC(=O)N1c2ccccc2CC1C(=O)[O-]. The third kappa shape index (κ3) is 2.61. The molecule has 5 nitrogen and oxygen atoms in total. The van der Waals surface area contributed by atoms with Gasteiger partial charge in [0.2, 0.25) is 0 Å². The predicted octanol–water partition coefficient (Wildman–Crippen LogP) is 1.49. The van der Waals surface area contributed by atoms with E-state index >= 15 is 0 Å². The number of anilines is 1. The highest BCUT2D eigenvalue weighted by Gasteiger charge is 2.37. The largest absolute Gasteiger partial charge is 0.548 e. The van der Waals surface area contributed by atoms with Crippen molar-refractivity contribution in [3.63, 3.8) is 0 Å². The lowest BCUT2D eigenvalue weighted by atomic mass is 10.1. The number of amides is 1. The van der Waals surface area contributed by atoms with E-state index in [0.717, 1.165) is 5.56 Å². The van der Waals surface area contributed by atoms with Gasteiger partial charge in [-0.2, -0.15) is 0 Å². The standard InChI is InChI=1S/C15H19NO4/c1-4-15(2,3)20-14(19)16-11-8-6-5-7-10(11)9-12(16)13(17)18/h5-8,12H,4,9H2,1-3H3,(H,17,18)/p-1. The molecule has 1 atom stereocenters. The van der Waals surface area contributed by atoms with Crippen LogP contribution in [0.4, 0.5) is 10.5 Å². The van der Waals surface area contributed by atoms with Crippen molar-refractivity contribution < 1.29 is 19.4 Å². The molecule has 0 aliphatic carbocycles. The summed E-state index contributed by atoms with van der Waals surface area (Å²) >= 11 is 0. The van der Waals surface area contributed by atoms with Crippen molar-refractivity contribution in [2.45, 2.75) is 45.3 Å². The van der Waals surface area contributed by atoms with E-state index in [1.807, 2.05) is 19.1 Å². The fourth-order valence-electron chi connectivity index (χ4n) is 2.16. The fourth-order valence-corrected chi connectivity index (χ4v) is 2.16. The Labute approximate surface area is 118 Å². The number of hydrogen-bond acceptors (Lipinski definition) is 4. The Morgan fingerprint density at radius 3 is 2.65 bits per heavy atom. The molecule has 1 amide bonds. The van der Waals surface area contributed by atoms with E-state index in [9.17, 15) is 14.7 Å². The zero-order valence-corrected chi connectivity index (χ0v) is 11.9. The van der Waals surface area contributed by atoms with Gasteiger partial charge in [-0.15, -0.1) is 0 Å². The zero-order valence-electron chi connectivity index (χ0n) is 11.9. The molecule has 1 heterocycles. The van der Waals surface area contributed by atoms with Crippen LogP contribution in [0.5, 0.6) is 0 Å². The summed E-state index contributed by atoms with van der Waals surface area (Å²) in [6, 6.07) is 6.10. The van der Waals surface area contributed by atoms with E-state index in [2.05, 4.69) is 0 Å². The van der Waals surface area contributed by atoms with E-state index < -0.39 is 23.7 Å². The first-order valence-corrected chi connectivity index (χ1v) is 6.66. The highest BCUT2D eigenvalue weighted by molar-refractivity contribution is 5.98. The number of hydrogen-bond donors (Lipinski definition) is 0. The van der Waals surface area contributed by atoms with Gasteiger partial charge in [-0.1, -0.05) is 25.1 Å². The smallest absolute Gasteiger partial charge is 0.415 e. The minimum atomic E-state index is -1.27. The average Bonchev–Trinajstić information content (AvgIpc) is 2.77. The lowest BCUT2D eigenvalue weighted by molar-refractivity contribution is -0.307. The van der Waals surface area contributed by atoms with Crippen molar-refractivity contribution in [1.82, 2.24) is 0 Å². The molecule has 0 fully saturated rings. The van der Waals surface area contributed by atoms with Crippen LogP contribution in [-0.4, -0.2) is 23.7 Å². The van der Waals surface area contributed by atoms with Gasteiger partial charge in [-0.3, -0.25) is 4.90 Å². The minimum absolute atomic E-state index is 0.250. The maximum atomic E-state index is 12.3. The molecule has 1 aromatic carbocycles. The van der Waals surface area contributed by atoms with E-state index in [1.54, 1.807) is 26.0 Å².